The molecule has 4 nitrogen and oxygen atoms in total. The monoisotopic (exact) mass is 122 g/mol. The summed E-state index contributed by atoms with van der Waals surface area (Å²) in [7, 11) is 0. The van der Waals surface area contributed by atoms with Crippen molar-refractivity contribution in [2.45, 2.75) is 6.92 Å². The summed E-state index contributed by atoms with van der Waals surface area (Å²) in [6, 6.07) is 0. The van der Waals surface area contributed by atoms with Crippen molar-refractivity contribution >= 4 is 5.65 Å². The Labute approximate surface area is 51.5 Å². The van der Waals surface area contributed by atoms with Gasteiger partial charge in [0, 0.05) is 11.8 Å². The Balaban J connectivity index is 2.99. The van der Waals surface area contributed by atoms with Crippen molar-refractivity contribution in [1.82, 2.24) is 19.8 Å². The first-order chi connectivity index (χ1) is 4.38. The number of aryl methyl sites for hydroxylation is 1. The summed E-state index contributed by atoms with van der Waals surface area (Å²) in [6.45, 7) is 1.99. The average molecular weight is 122 g/mol. The van der Waals surface area contributed by atoms with Gasteiger partial charge in [0.2, 0.25) is 0 Å². The Kier molecular flexibility index (Phi) is 0.677. The van der Waals surface area contributed by atoms with E-state index >= 15 is 0 Å². The van der Waals surface area contributed by atoms with Gasteiger partial charge in [0.05, 0.1) is 0 Å². The molecule has 0 unspecified atom stereocenters. The van der Waals surface area contributed by atoms with E-state index in [-0.39, 0.29) is 0 Å². The minimum atomic E-state index is 0.898. The number of rotatable bonds is 0. The van der Waals surface area contributed by atoms with Gasteiger partial charge in [-0.1, -0.05) is 0 Å². The number of aromatic amines is 1. The smallest absolute Gasteiger partial charge is 0.178 e. The van der Waals surface area contributed by atoms with Crippen molar-refractivity contribution in [3.63, 3.8) is 0 Å². The Morgan fingerprint density at radius 2 is 2.56 bits per heavy atom. The molecule has 2 heterocycles. The third kappa shape index (κ3) is 0.468. The summed E-state index contributed by atoms with van der Waals surface area (Å²) < 4.78 is 1.63. The van der Waals surface area contributed by atoms with E-state index in [0.717, 1.165) is 11.2 Å². The normalized spacial score (nSPS) is 10.8. The molecule has 0 saturated carbocycles. The molecule has 0 saturated heterocycles. The lowest BCUT2D eigenvalue weighted by Crippen LogP contribution is -1.82. The summed E-state index contributed by atoms with van der Waals surface area (Å²) in [4.78, 5) is 4.00. The van der Waals surface area contributed by atoms with Gasteiger partial charge in [-0.05, 0) is 6.92 Å². The molecule has 0 spiro atoms. The SMILES string of the molecule is Cc1c[nH]n2ncnc12. The number of H-pyrrole nitrogens is 1. The highest BCUT2D eigenvalue weighted by molar-refractivity contribution is 5.43. The highest BCUT2D eigenvalue weighted by atomic mass is 15.4. The Bertz CT molecular complexity index is 318. The first-order valence-electron chi connectivity index (χ1n) is 2.71. The lowest BCUT2D eigenvalue weighted by Gasteiger charge is -1.75. The average Bonchev–Trinajstić information content (AvgIpc) is 2.35. The maximum Gasteiger partial charge on any atom is 0.178 e. The van der Waals surface area contributed by atoms with E-state index in [1.807, 2.05) is 13.1 Å². The molecule has 2 rings (SSSR count). The zero-order valence-corrected chi connectivity index (χ0v) is 5.00. The predicted octanol–water partition coefficient (Wildman–Crippen LogP) is 0.366. The Morgan fingerprint density at radius 1 is 1.67 bits per heavy atom. The fraction of sp³-hybridized carbons (Fsp3) is 0.200. The maximum absolute atomic E-state index is 4.00. The highest BCUT2D eigenvalue weighted by Gasteiger charge is 1.97. The lowest BCUT2D eigenvalue weighted by molar-refractivity contribution is 0.821. The van der Waals surface area contributed by atoms with Crippen LogP contribution in [0.25, 0.3) is 5.65 Å². The number of hydrogen-bond donors (Lipinski definition) is 1. The van der Waals surface area contributed by atoms with Gasteiger partial charge >= 0.3 is 0 Å². The predicted molar refractivity (Wildman–Crippen MR) is 32.1 cm³/mol. The largest absolute Gasteiger partial charge is 0.283 e. The molecule has 0 bridgehead atoms. The van der Waals surface area contributed by atoms with Gasteiger partial charge in [-0.25, -0.2) is 4.98 Å². The molecule has 46 valence electrons. The second-order valence-corrected chi connectivity index (χ2v) is 1.95. The Morgan fingerprint density at radius 3 is 3.33 bits per heavy atom. The van der Waals surface area contributed by atoms with Crippen LogP contribution in [0.3, 0.4) is 0 Å². The van der Waals surface area contributed by atoms with Gasteiger partial charge < -0.3 is 0 Å². The molecule has 0 radical (unpaired) electrons. The zero-order chi connectivity index (χ0) is 6.27. The van der Waals surface area contributed by atoms with Crippen LogP contribution >= 0.6 is 0 Å². The number of nitrogens with one attached hydrogen (secondary N) is 1. The molecule has 0 atom stereocenters. The van der Waals surface area contributed by atoms with Gasteiger partial charge in [0.25, 0.3) is 0 Å². The molecule has 1 N–H and O–H groups in total. The summed E-state index contributed by atoms with van der Waals surface area (Å²) in [5, 5.41) is 6.80. The second-order valence-electron chi connectivity index (χ2n) is 1.95. The molecule has 9 heavy (non-hydrogen) atoms. The lowest BCUT2D eigenvalue weighted by atomic mass is 10.4. The molecule has 0 aliphatic heterocycles. The van der Waals surface area contributed by atoms with Crippen LogP contribution in [0.1, 0.15) is 5.56 Å². The van der Waals surface area contributed by atoms with Gasteiger partial charge in [-0.15, -0.1) is 5.10 Å². The molecule has 0 aromatic carbocycles. The summed E-state index contributed by atoms with van der Waals surface area (Å²) in [6.07, 6.45) is 3.40. The topological polar surface area (TPSA) is 46.0 Å². The van der Waals surface area contributed by atoms with E-state index in [4.69, 9.17) is 0 Å². The van der Waals surface area contributed by atoms with Crippen LogP contribution in [0, 0.1) is 6.92 Å². The number of hydrogen-bond acceptors (Lipinski definition) is 2. The van der Waals surface area contributed by atoms with Crippen molar-refractivity contribution in [3.8, 4) is 0 Å². The first kappa shape index (κ1) is 4.55. The fourth-order valence-corrected chi connectivity index (χ4v) is 0.827. The van der Waals surface area contributed by atoms with Crippen LogP contribution in [0.5, 0.6) is 0 Å². The second kappa shape index (κ2) is 1.34. The van der Waals surface area contributed by atoms with Crippen molar-refractivity contribution < 1.29 is 0 Å². The van der Waals surface area contributed by atoms with Gasteiger partial charge in [-0.2, -0.15) is 4.63 Å². The van der Waals surface area contributed by atoms with Crippen LogP contribution in [0.15, 0.2) is 12.5 Å². The zero-order valence-electron chi connectivity index (χ0n) is 5.00. The maximum atomic E-state index is 4.00. The summed E-state index contributed by atoms with van der Waals surface area (Å²) >= 11 is 0. The quantitative estimate of drug-likeness (QED) is 0.548. The molecule has 0 aliphatic carbocycles. The van der Waals surface area contributed by atoms with E-state index in [9.17, 15) is 0 Å². The van der Waals surface area contributed by atoms with Crippen LogP contribution < -0.4 is 0 Å². The number of nitrogens with zero attached hydrogens (tertiary/aromatic N) is 3. The van der Waals surface area contributed by atoms with E-state index in [2.05, 4.69) is 15.2 Å². The Hall–Kier alpha value is -1.32. The van der Waals surface area contributed by atoms with Crippen molar-refractivity contribution in [3.05, 3.63) is 18.1 Å². The van der Waals surface area contributed by atoms with Crippen LogP contribution in [-0.4, -0.2) is 19.8 Å². The molecular weight excluding hydrogens is 116 g/mol. The molecule has 0 aliphatic rings. The standard InChI is InChI=1S/C5H6N4/c1-4-2-7-9-5(4)6-3-8-9/h2-3,7H,1H3. The molecule has 0 amide bonds. The van der Waals surface area contributed by atoms with Crippen LogP contribution in [0.2, 0.25) is 0 Å². The minimum Gasteiger partial charge on any atom is -0.283 e. The van der Waals surface area contributed by atoms with Gasteiger partial charge in [0.1, 0.15) is 6.33 Å². The van der Waals surface area contributed by atoms with E-state index in [1.165, 1.54) is 6.33 Å². The first-order valence-corrected chi connectivity index (χ1v) is 2.71. The number of fused-ring (bicyclic) bond motifs is 1. The van der Waals surface area contributed by atoms with Crippen molar-refractivity contribution in [2.75, 3.05) is 0 Å². The highest BCUT2D eigenvalue weighted by Crippen LogP contribution is 2.01. The summed E-state index contributed by atoms with van der Waals surface area (Å²) in [5.41, 5.74) is 2.02. The van der Waals surface area contributed by atoms with Crippen LogP contribution in [-0.2, 0) is 0 Å². The van der Waals surface area contributed by atoms with Crippen LogP contribution in [0.4, 0.5) is 0 Å². The third-order valence-corrected chi connectivity index (χ3v) is 1.30. The minimum absolute atomic E-state index is 0.898. The van der Waals surface area contributed by atoms with Crippen molar-refractivity contribution in [1.29, 1.82) is 0 Å². The van der Waals surface area contributed by atoms with Crippen molar-refractivity contribution in [2.24, 2.45) is 0 Å². The van der Waals surface area contributed by atoms with Gasteiger partial charge in [0.15, 0.2) is 5.65 Å². The molecule has 4 heteroatoms. The molecular formula is C5H6N4. The fourth-order valence-electron chi connectivity index (χ4n) is 0.827. The summed E-state index contributed by atoms with van der Waals surface area (Å²) in [5.74, 6) is 0. The number of aromatic nitrogens is 4. The molecule has 2 aromatic heterocycles. The van der Waals surface area contributed by atoms with E-state index < -0.39 is 0 Å². The van der Waals surface area contributed by atoms with Gasteiger partial charge in [-0.3, -0.25) is 5.10 Å². The molecule has 0 fully saturated rings. The third-order valence-electron chi connectivity index (χ3n) is 1.30. The molecule has 2 aromatic rings. The van der Waals surface area contributed by atoms with E-state index in [0.29, 0.717) is 0 Å². The van der Waals surface area contributed by atoms with E-state index in [1.54, 1.807) is 4.63 Å².